The average Bonchev–Trinajstić information content (AvgIpc) is 2.61. The van der Waals surface area contributed by atoms with E-state index >= 15 is 0 Å². The Kier molecular flexibility index (Phi) is 5.62. The van der Waals surface area contributed by atoms with E-state index in [4.69, 9.17) is 19.3 Å². The molecule has 24 heavy (non-hydrogen) atoms. The van der Waals surface area contributed by atoms with Crippen LogP contribution in [-0.4, -0.2) is 38.6 Å². The zero-order valence-corrected chi connectivity index (χ0v) is 13.6. The number of benzene rings is 2. The van der Waals surface area contributed by atoms with Gasteiger partial charge in [0, 0.05) is 12.1 Å². The van der Waals surface area contributed by atoms with E-state index in [-0.39, 0.29) is 5.56 Å². The molecule has 0 unspecified atom stereocenters. The fourth-order valence-electron chi connectivity index (χ4n) is 2.05. The molecule has 0 bridgehead atoms. The summed E-state index contributed by atoms with van der Waals surface area (Å²) in [4.78, 5) is 11.0. The topological polar surface area (TPSA) is 89.4 Å². The van der Waals surface area contributed by atoms with Crippen LogP contribution < -0.4 is 19.6 Å². The summed E-state index contributed by atoms with van der Waals surface area (Å²) in [6.45, 7) is 0. The Labute approximate surface area is 139 Å². The molecule has 0 atom stereocenters. The Bertz CT molecular complexity index is 733. The second kappa shape index (κ2) is 7.87. The summed E-state index contributed by atoms with van der Waals surface area (Å²) in [6.07, 6.45) is 1.53. The van der Waals surface area contributed by atoms with Crippen LogP contribution in [0.5, 0.6) is 17.2 Å². The number of nitrogens with one attached hydrogen (secondary N) is 1. The Morgan fingerprint density at radius 2 is 1.75 bits per heavy atom. The minimum Gasteiger partial charge on any atom is -0.496 e. The minimum atomic E-state index is -0.999. The molecule has 2 aromatic rings. The molecule has 0 spiro atoms. The number of ether oxygens (including phenoxy) is 3. The molecule has 2 aromatic carbocycles. The summed E-state index contributed by atoms with van der Waals surface area (Å²) in [7, 11) is 4.63. The van der Waals surface area contributed by atoms with E-state index in [9.17, 15) is 4.79 Å². The van der Waals surface area contributed by atoms with Gasteiger partial charge in [0.15, 0.2) is 0 Å². The second-order valence-corrected chi connectivity index (χ2v) is 4.70. The monoisotopic (exact) mass is 330 g/mol. The summed E-state index contributed by atoms with van der Waals surface area (Å²) in [5.74, 6) is 0.677. The fourth-order valence-corrected chi connectivity index (χ4v) is 2.05. The molecule has 7 heteroatoms. The van der Waals surface area contributed by atoms with E-state index in [1.54, 1.807) is 31.4 Å². The summed E-state index contributed by atoms with van der Waals surface area (Å²) in [5, 5.41) is 13.1. The van der Waals surface area contributed by atoms with E-state index in [0.717, 1.165) is 0 Å². The first kappa shape index (κ1) is 17.1. The van der Waals surface area contributed by atoms with Crippen LogP contribution in [0.2, 0.25) is 0 Å². The number of hydrogen-bond acceptors (Lipinski definition) is 6. The number of rotatable bonds is 7. The molecule has 0 aromatic heterocycles. The first-order valence-corrected chi connectivity index (χ1v) is 7.01. The summed E-state index contributed by atoms with van der Waals surface area (Å²) < 4.78 is 15.8. The van der Waals surface area contributed by atoms with Crippen molar-refractivity contribution in [3.63, 3.8) is 0 Å². The van der Waals surface area contributed by atoms with Crippen LogP contribution in [-0.2, 0) is 0 Å². The molecule has 0 aliphatic rings. The third kappa shape index (κ3) is 3.95. The van der Waals surface area contributed by atoms with Gasteiger partial charge in [0.1, 0.15) is 17.2 Å². The number of hydrazone groups is 1. The van der Waals surface area contributed by atoms with Crippen molar-refractivity contribution >= 4 is 17.9 Å². The highest BCUT2D eigenvalue weighted by atomic mass is 16.5. The minimum absolute atomic E-state index is 0.176. The van der Waals surface area contributed by atoms with Crippen LogP contribution in [0.3, 0.4) is 0 Å². The van der Waals surface area contributed by atoms with E-state index < -0.39 is 5.97 Å². The molecule has 126 valence electrons. The average molecular weight is 330 g/mol. The van der Waals surface area contributed by atoms with E-state index in [1.165, 1.54) is 32.6 Å². The Morgan fingerprint density at radius 3 is 2.29 bits per heavy atom. The molecule has 0 aliphatic carbocycles. The zero-order valence-electron chi connectivity index (χ0n) is 13.6. The van der Waals surface area contributed by atoms with Crippen LogP contribution in [0, 0.1) is 0 Å². The highest BCUT2D eigenvalue weighted by Crippen LogP contribution is 2.32. The van der Waals surface area contributed by atoms with E-state index in [2.05, 4.69) is 10.5 Å². The van der Waals surface area contributed by atoms with E-state index in [1.807, 2.05) is 0 Å². The number of carboxylic acids is 1. The van der Waals surface area contributed by atoms with Crippen molar-refractivity contribution in [1.82, 2.24) is 0 Å². The standard InChI is InChI=1S/C17H18N2O5/c1-22-13-8-15(23-2)14(16(9-13)24-3)10-18-19-12-6-4-5-11(7-12)17(20)21/h4-10,19H,1-3H3,(H,20,21)/b18-10+. The van der Waals surface area contributed by atoms with Crippen LogP contribution in [0.1, 0.15) is 15.9 Å². The highest BCUT2D eigenvalue weighted by molar-refractivity contribution is 5.90. The molecular weight excluding hydrogens is 312 g/mol. The van der Waals surface area contributed by atoms with E-state index in [0.29, 0.717) is 28.5 Å². The fraction of sp³-hybridized carbons (Fsp3) is 0.176. The van der Waals surface area contributed by atoms with Gasteiger partial charge in [0.05, 0.1) is 44.4 Å². The lowest BCUT2D eigenvalue weighted by Gasteiger charge is -2.12. The van der Waals surface area contributed by atoms with Gasteiger partial charge in [-0.15, -0.1) is 0 Å². The third-order valence-corrected chi connectivity index (χ3v) is 3.25. The van der Waals surface area contributed by atoms with Gasteiger partial charge >= 0.3 is 5.97 Å². The van der Waals surface area contributed by atoms with Crippen LogP contribution in [0.25, 0.3) is 0 Å². The SMILES string of the molecule is COc1cc(OC)c(/C=N/Nc2cccc(C(=O)O)c2)c(OC)c1. The number of aromatic carboxylic acids is 1. The molecule has 2 rings (SSSR count). The molecule has 7 nitrogen and oxygen atoms in total. The maximum absolute atomic E-state index is 11.0. The Morgan fingerprint density at radius 1 is 1.08 bits per heavy atom. The number of carbonyl (C=O) groups is 1. The van der Waals surface area contributed by atoms with Crippen molar-refractivity contribution in [3.05, 3.63) is 47.5 Å². The maximum Gasteiger partial charge on any atom is 0.335 e. The van der Waals surface area contributed by atoms with Gasteiger partial charge in [-0.25, -0.2) is 4.79 Å². The predicted molar refractivity (Wildman–Crippen MR) is 90.7 cm³/mol. The molecule has 0 radical (unpaired) electrons. The number of methoxy groups -OCH3 is 3. The highest BCUT2D eigenvalue weighted by Gasteiger charge is 2.11. The maximum atomic E-state index is 11.0. The number of hydrogen-bond donors (Lipinski definition) is 2. The molecule has 0 aliphatic heterocycles. The van der Waals surface area contributed by atoms with Crippen molar-refractivity contribution in [2.45, 2.75) is 0 Å². The molecular formula is C17H18N2O5. The van der Waals surface area contributed by atoms with Gasteiger partial charge in [0.25, 0.3) is 0 Å². The van der Waals surface area contributed by atoms with Gasteiger partial charge in [-0.1, -0.05) is 6.07 Å². The van der Waals surface area contributed by atoms with Crippen molar-refractivity contribution in [2.75, 3.05) is 26.8 Å². The van der Waals surface area contributed by atoms with Crippen molar-refractivity contribution in [3.8, 4) is 17.2 Å². The Balaban J connectivity index is 2.25. The quantitative estimate of drug-likeness (QED) is 0.599. The predicted octanol–water partition coefficient (Wildman–Crippen LogP) is 2.86. The van der Waals surface area contributed by atoms with Gasteiger partial charge < -0.3 is 19.3 Å². The van der Waals surface area contributed by atoms with Gasteiger partial charge in [0.2, 0.25) is 0 Å². The second-order valence-electron chi connectivity index (χ2n) is 4.70. The zero-order chi connectivity index (χ0) is 17.5. The molecule has 0 saturated carbocycles. The lowest BCUT2D eigenvalue weighted by atomic mass is 10.2. The normalized spacial score (nSPS) is 10.5. The Hall–Kier alpha value is -3.22. The van der Waals surface area contributed by atoms with Gasteiger partial charge in [-0.05, 0) is 18.2 Å². The van der Waals surface area contributed by atoms with Crippen molar-refractivity contribution in [2.24, 2.45) is 5.10 Å². The van der Waals surface area contributed by atoms with Crippen molar-refractivity contribution < 1.29 is 24.1 Å². The molecule has 2 N–H and O–H groups in total. The summed E-state index contributed by atoms with van der Waals surface area (Å²) >= 11 is 0. The lowest BCUT2D eigenvalue weighted by Crippen LogP contribution is -2.00. The molecule has 0 heterocycles. The number of anilines is 1. The first-order chi connectivity index (χ1) is 11.6. The molecule has 0 saturated heterocycles. The van der Waals surface area contributed by atoms with Crippen LogP contribution in [0.15, 0.2) is 41.5 Å². The smallest absolute Gasteiger partial charge is 0.335 e. The third-order valence-electron chi connectivity index (χ3n) is 3.25. The van der Waals surface area contributed by atoms with Crippen molar-refractivity contribution in [1.29, 1.82) is 0 Å². The van der Waals surface area contributed by atoms with Crippen LogP contribution in [0.4, 0.5) is 5.69 Å². The first-order valence-electron chi connectivity index (χ1n) is 7.01. The molecule has 0 amide bonds. The van der Waals surface area contributed by atoms with Gasteiger partial charge in [-0.2, -0.15) is 5.10 Å². The number of nitrogens with zero attached hydrogens (tertiary/aromatic N) is 1. The van der Waals surface area contributed by atoms with Gasteiger partial charge in [-0.3, -0.25) is 5.43 Å². The van der Waals surface area contributed by atoms with Crippen LogP contribution >= 0.6 is 0 Å². The molecule has 0 fully saturated rings. The summed E-state index contributed by atoms with van der Waals surface area (Å²) in [5.41, 5.74) is 4.14. The summed E-state index contributed by atoms with van der Waals surface area (Å²) in [6, 6.07) is 9.78. The lowest BCUT2D eigenvalue weighted by molar-refractivity contribution is 0.0697. The largest absolute Gasteiger partial charge is 0.496 e. The number of carboxylic acid groups (broad SMARTS) is 1.